The average Bonchev–Trinajstić information content (AvgIpc) is 2.84. The van der Waals surface area contributed by atoms with Gasteiger partial charge in [-0.2, -0.15) is 0 Å². The number of hydrogen-bond donors (Lipinski definition) is 2. The monoisotopic (exact) mass is 296 g/mol. The number of fused-ring (bicyclic) bond motifs is 1. The van der Waals surface area contributed by atoms with Crippen molar-refractivity contribution < 1.29 is 14.7 Å². The molecule has 2 fully saturated rings. The fourth-order valence-corrected chi connectivity index (χ4v) is 3.84. The molecule has 2 N–H and O–H groups in total. The molecule has 2 rings (SSSR count). The van der Waals surface area contributed by atoms with Crippen molar-refractivity contribution in [3.05, 3.63) is 0 Å². The van der Waals surface area contributed by atoms with E-state index in [1.165, 1.54) is 0 Å². The predicted molar refractivity (Wildman–Crippen MR) is 81.1 cm³/mol. The van der Waals surface area contributed by atoms with Gasteiger partial charge < -0.3 is 15.3 Å². The van der Waals surface area contributed by atoms with Crippen molar-refractivity contribution in [2.45, 2.75) is 83.3 Å². The number of nitrogens with zero attached hydrogens (tertiary/aromatic N) is 1. The van der Waals surface area contributed by atoms with Gasteiger partial charge in [-0.15, -0.1) is 0 Å². The third-order valence-corrected chi connectivity index (χ3v) is 4.97. The summed E-state index contributed by atoms with van der Waals surface area (Å²) in [4.78, 5) is 25.7. The minimum Gasteiger partial charge on any atom is -0.480 e. The topological polar surface area (TPSA) is 69.6 Å². The van der Waals surface area contributed by atoms with Crippen LogP contribution in [0.5, 0.6) is 0 Å². The van der Waals surface area contributed by atoms with E-state index in [0.717, 1.165) is 44.9 Å². The maximum atomic E-state index is 12.5. The number of likely N-dealkylation sites (tertiary alicyclic amines) is 1. The summed E-state index contributed by atoms with van der Waals surface area (Å²) in [5.41, 5.74) is 0. The number of carbonyl (C=O) groups is 2. The zero-order valence-electron chi connectivity index (χ0n) is 13.2. The minimum atomic E-state index is -0.860. The van der Waals surface area contributed by atoms with Crippen molar-refractivity contribution in [2.75, 3.05) is 0 Å². The zero-order chi connectivity index (χ0) is 15.4. The molecule has 0 aromatic heterocycles. The van der Waals surface area contributed by atoms with Crippen LogP contribution in [0.2, 0.25) is 0 Å². The van der Waals surface area contributed by atoms with Crippen LogP contribution in [0, 0.1) is 5.92 Å². The molecule has 5 nitrogen and oxygen atoms in total. The Balaban J connectivity index is 2.02. The maximum Gasteiger partial charge on any atom is 0.326 e. The first kappa shape index (κ1) is 16.1. The largest absolute Gasteiger partial charge is 0.480 e. The van der Waals surface area contributed by atoms with E-state index in [4.69, 9.17) is 0 Å². The van der Waals surface area contributed by atoms with Crippen LogP contribution in [0.3, 0.4) is 0 Å². The molecular weight excluding hydrogens is 268 g/mol. The molecule has 4 atom stereocenters. The third-order valence-electron chi connectivity index (χ3n) is 4.97. The van der Waals surface area contributed by atoms with E-state index in [1.54, 1.807) is 4.90 Å². The second-order valence-corrected chi connectivity index (χ2v) is 6.60. The minimum absolute atomic E-state index is 0.106. The van der Waals surface area contributed by atoms with Gasteiger partial charge in [-0.1, -0.05) is 32.6 Å². The molecule has 4 unspecified atom stereocenters. The van der Waals surface area contributed by atoms with E-state index in [1.807, 2.05) is 6.92 Å². The molecule has 1 aliphatic heterocycles. The van der Waals surface area contributed by atoms with Gasteiger partial charge in [0, 0.05) is 12.1 Å². The van der Waals surface area contributed by atoms with Gasteiger partial charge in [0.25, 0.3) is 0 Å². The van der Waals surface area contributed by atoms with Crippen molar-refractivity contribution in [3.63, 3.8) is 0 Å². The first-order chi connectivity index (χ1) is 10.0. The quantitative estimate of drug-likeness (QED) is 0.819. The summed E-state index contributed by atoms with van der Waals surface area (Å²) in [6.07, 6.45) is 8.02. The van der Waals surface area contributed by atoms with Crippen LogP contribution in [0.15, 0.2) is 0 Å². The molecule has 1 aliphatic carbocycles. The average molecular weight is 296 g/mol. The van der Waals surface area contributed by atoms with E-state index < -0.39 is 12.0 Å². The highest BCUT2D eigenvalue weighted by atomic mass is 16.4. The molecule has 0 aromatic carbocycles. The molecule has 2 aliphatic rings. The Kier molecular flexibility index (Phi) is 5.48. The zero-order valence-corrected chi connectivity index (χ0v) is 13.2. The van der Waals surface area contributed by atoms with Crippen molar-refractivity contribution in [2.24, 2.45) is 5.92 Å². The van der Waals surface area contributed by atoms with E-state index in [-0.39, 0.29) is 18.1 Å². The van der Waals surface area contributed by atoms with Gasteiger partial charge in [-0.05, 0) is 38.5 Å². The Labute approximate surface area is 127 Å². The highest BCUT2D eigenvalue weighted by molar-refractivity contribution is 5.84. The normalized spacial score (nSPS) is 29.8. The number of urea groups is 1. The van der Waals surface area contributed by atoms with Crippen molar-refractivity contribution in [1.29, 1.82) is 0 Å². The predicted octanol–water partition coefficient (Wildman–Crippen LogP) is 2.99. The number of carbonyl (C=O) groups excluding carboxylic acids is 1. The first-order valence-corrected chi connectivity index (χ1v) is 8.36. The van der Waals surface area contributed by atoms with Crippen LogP contribution in [-0.2, 0) is 4.79 Å². The fourth-order valence-electron chi connectivity index (χ4n) is 3.84. The lowest BCUT2D eigenvalue weighted by atomic mass is 9.85. The second-order valence-electron chi connectivity index (χ2n) is 6.60. The molecule has 120 valence electrons. The number of carboxylic acid groups (broad SMARTS) is 1. The van der Waals surface area contributed by atoms with E-state index in [0.29, 0.717) is 12.3 Å². The lowest BCUT2D eigenvalue weighted by Crippen LogP contribution is -2.52. The smallest absolute Gasteiger partial charge is 0.326 e. The highest BCUT2D eigenvalue weighted by Crippen LogP contribution is 2.39. The molecule has 0 bridgehead atoms. The summed E-state index contributed by atoms with van der Waals surface area (Å²) in [6.45, 7) is 4.12. The van der Waals surface area contributed by atoms with Gasteiger partial charge in [0.15, 0.2) is 0 Å². The second kappa shape index (κ2) is 7.14. The lowest BCUT2D eigenvalue weighted by Gasteiger charge is -2.33. The standard InChI is InChI=1S/C16H28N2O3/c1-3-4-7-11(2)17-16(21)18-13-9-6-5-8-12(13)10-14(18)15(19)20/h11-14H,3-10H2,1-2H3,(H,17,21)(H,19,20). The van der Waals surface area contributed by atoms with Gasteiger partial charge in [-0.25, -0.2) is 9.59 Å². The van der Waals surface area contributed by atoms with Gasteiger partial charge in [0.1, 0.15) is 6.04 Å². The maximum absolute atomic E-state index is 12.5. The summed E-state index contributed by atoms with van der Waals surface area (Å²) < 4.78 is 0. The lowest BCUT2D eigenvalue weighted by molar-refractivity contribution is -0.141. The highest BCUT2D eigenvalue weighted by Gasteiger charge is 2.47. The molecule has 0 aromatic rings. The van der Waals surface area contributed by atoms with Crippen LogP contribution in [-0.4, -0.2) is 40.1 Å². The Hall–Kier alpha value is -1.26. The van der Waals surface area contributed by atoms with Crippen LogP contribution in [0.1, 0.15) is 65.2 Å². The van der Waals surface area contributed by atoms with E-state index in [2.05, 4.69) is 12.2 Å². The molecule has 1 saturated heterocycles. The summed E-state index contributed by atoms with van der Waals surface area (Å²) in [5.74, 6) is -0.489. The van der Waals surface area contributed by atoms with Crippen molar-refractivity contribution >= 4 is 12.0 Å². The molecule has 0 radical (unpaired) electrons. The number of carboxylic acids is 1. The van der Waals surface area contributed by atoms with Crippen LogP contribution in [0.4, 0.5) is 4.79 Å². The fraction of sp³-hybridized carbons (Fsp3) is 0.875. The molecular formula is C16H28N2O3. The number of nitrogens with one attached hydrogen (secondary N) is 1. The summed E-state index contributed by atoms with van der Waals surface area (Å²) >= 11 is 0. The number of rotatable bonds is 5. The third kappa shape index (κ3) is 3.69. The van der Waals surface area contributed by atoms with E-state index in [9.17, 15) is 14.7 Å². The molecule has 2 amide bonds. The van der Waals surface area contributed by atoms with Crippen LogP contribution >= 0.6 is 0 Å². The number of unbranched alkanes of at least 4 members (excludes halogenated alkanes) is 1. The summed E-state index contributed by atoms with van der Waals surface area (Å²) in [7, 11) is 0. The van der Waals surface area contributed by atoms with Gasteiger partial charge in [0.2, 0.25) is 0 Å². The summed E-state index contributed by atoms with van der Waals surface area (Å²) in [5, 5.41) is 12.4. The molecule has 21 heavy (non-hydrogen) atoms. The Morgan fingerprint density at radius 2 is 2.05 bits per heavy atom. The van der Waals surface area contributed by atoms with Crippen LogP contribution in [0.25, 0.3) is 0 Å². The van der Waals surface area contributed by atoms with Gasteiger partial charge >= 0.3 is 12.0 Å². The summed E-state index contributed by atoms with van der Waals surface area (Å²) in [6, 6.07) is -0.593. The molecule has 0 spiro atoms. The van der Waals surface area contributed by atoms with Gasteiger partial charge in [0.05, 0.1) is 0 Å². The Morgan fingerprint density at radius 1 is 1.33 bits per heavy atom. The number of amides is 2. The first-order valence-electron chi connectivity index (χ1n) is 8.36. The van der Waals surface area contributed by atoms with Crippen molar-refractivity contribution in [3.8, 4) is 0 Å². The molecule has 1 heterocycles. The SMILES string of the molecule is CCCCC(C)NC(=O)N1C(C(=O)O)CC2CCCCC21. The number of hydrogen-bond acceptors (Lipinski definition) is 2. The Bertz CT molecular complexity index is 386. The number of aliphatic carboxylic acids is 1. The molecule has 1 saturated carbocycles. The van der Waals surface area contributed by atoms with E-state index >= 15 is 0 Å². The van der Waals surface area contributed by atoms with Crippen molar-refractivity contribution in [1.82, 2.24) is 10.2 Å². The van der Waals surface area contributed by atoms with Crippen LogP contribution < -0.4 is 5.32 Å². The van der Waals surface area contributed by atoms with Gasteiger partial charge in [-0.3, -0.25) is 0 Å². The Morgan fingerprint density at radius 3 is 2.71 bits per heavy atom. The molecule has 5 heteroatoms.